The van der Waals surface area contributed by atoms with Crippen molar-refractivity contribution < 1.29 is 14.7 Å². The molecular formula is C16H20N2O3. The molecule has 112 valence electrons. The molecule has 1 N–H and O–H groups in total. The molecule has 1 unspecified atom stereocenters. The van der Waals surface area contributed by atoms with Crippen molar-refractivity contribution in [3.8, 4) is 0 Å². The van der Waals surface area contributed by atoms with E-state index in [-0.39, 0.29) is 17.5 Å². The smallest absolute Gasteiger partial charge is 0.335 e. The van der Waals surface area contributed by atoms with Gasteiger partial charge in [0.2, 0.25) is 5.91 Å². The fraction of sp³-hybridized carbons (Fsp3) is 0.500. The Labute approximate surface area is 124 Å². The summed E-state index contributed by atoms with van der Waals surface area (Å²) >= 11 is 0. The van der Waals surface area contributed by atoms with Gasteiger partial charge in [-0.3, -0.25) is 4.79 Å². The fourth-order valence-electron chi connectivity index (χ4n) is 3.27. The Balaban J connectivity index is 1.83. The van der Waals surface area contributed by atoms with Gasteiger partial charge in [0.05, 0.1) is 5.56 Å². The summed E-state index contributed by atoms with van der Waals surface area (Å²) in [6.45, 7) is 4.39. The second-order valence-electron chi connectivity index (χ2n) is 5.80. The Morgan fingerprint density at radius 3 is 2.57 bits per heavy atom. The van der Waals surface area contributed by atoms with Crippen LogP contribution in [-0.2, 0) is 11.2 Å². The average Bonchev–Trinajstić information content (AvgIpc) is 3.14. The summed E-state index contributed by atoms with van der Waals surface area (Å²) in [6, 6.07) is 4.97. The number of nitrogens with zero attached hydrogens (tertiary/aromatic N) is 2. The number of anilines is 1. The number of carbonyl (C=O) groups is 2. The molecule has 1 fully saturated rings. The highest BCUT2D eigenvalue weighted by Crippen LogP contribution is 2.31. The van der Waals surface area contributed by atoms with Crippen LogP contribution in [-0.4, -0.2) is 47.6 Å². The molecule has 2 heterocycles. The summed E-state index contributed by atoms with van der Waals surface area (Å²) in [5.74, 6) is -0.774. The van der Waals surface area contributed by atoms with Gasteiger partial charge >= 0.3 is 5.97 Å². The SMILES string of the molecule is CC(C(=O)N1CCCC1)N1CCc2ccc(C(=O)O)cc21. The number of benzene rings is 1. The molecule has 2 aliphatic rings. The lowest BCUT2D eigenvalue weighted by Gasteiger charge is -2.30. The Morgan fingerprint density at radius 1 is 1.19 bits per heavy atom. The Bertz CT molecular complexity index is 579. The van der Waals surface area contributed by atoms with Crippen molar-refractivity contribution in [2.45, 2.75) is 32.2 Å². The molecule has 0 radical (unpaired) electrons. The van der Waals surface area contributed by atoms with Crippen molar-refractivity contribution in [2.24, 2.45) is 0 Å². The van der Waals surface area contributed by atoms with Crippen LogP contribution in [0.15, 0.2) is 18.2 Å². The van der Waals surface area contributed by atoms with E-state index in [0.29, 0.717) is 0 Å². The van der Waals surface area contributed by atoms with E-state index in [2.05, 4.69) is 0 Å². The molecule has 1 amide bonds. The lowest BCUT2D eigenvalue weighted by Crippen LogP contribution is -2.45. The molecule has 1 aromatic carbocycles. The molecule has 5 heteroatoms. The standard InChI is InChI=1S/C16H20N2O3/c1-11(15(19)17-7-2-3-8-17)18-9-6-12-4-5-13(16(20)21)10-14(12)18/h4-5,10-11H,2-3,6-9H2,1H3,(H,20,21). The van der Waals surface area contributed by atoms with Gasteiger partial charge in [0.15, 0.2) is 0 Å². The number of hydrogen-bond donors (Lipinski definition) is 1. The average molecular weight is 288 g/mol. The first-order valence-corrected chi connectivity index (χ1v) is 7.49. The van der Waals surface area contributed by atoms with Gasteiger partial charge in [-0.15, -0.1) is 0 Å². The van der Waals surface area contributed by atoms with Crippen LogP contribution in [0, 0.1) is 0 Å². The van der Waals surface area contributed by atoms with Gasteiger partial charge < -0.3 is 14.9 Å². The van der Waals surface area contributed by atoms with Gasteiger partial charge in [0.25, 0.3) is 0 Å². The molecule has 1 saturated heterocycles. The van der Waals surface area contributed by atoms with Crippen LogP contribution in [0.4, 0.5) is 5.69 Å². The Hall–Kier alpha value is -2.04. The fourth-order valence-corrected chi connectivity index (χ4v) is 3.27. The zero-order valence-electron chi connectivity index (χ0n) is 12.2. The summed E-state index contributed by atoms with van der Waals surface area (Å²) in [6.07, 6.45) is 3.03. The molecular weight excluding hydrogens is 268 g/mol. The number of carboxylic acids is 1. The normalized spacial score (nSPS) is 18.7. The van der Waals surface area contributed by atoms with Crippen LogP contribution in [0.2, 0.25) is 0 Å². The minimum absolute atomic E-state index is 0.154. The highest BCUT2D eigenvalue weighted by atomic mass is 16.4. The second kappa shape index (κ2) is 5.39. The van der Waals surface area contributed by atoms with E-state index in [4.69, 9.17) is 5.11 Å². The third-order valence-corrected chi connectivity index (χ3v) is 4.51. The predicted octanol–water partition coefficient (Wildman–Crippen LogP) is 1.76. The van der Waals surface area contributed by atoms with Crippen LogP contribution in [0.5, 0.6) is 0 Å². The Kier molecular flexibility index (Phi) is 3.57. The number of hydrogen-bond acceptors (Lipinski definition) is 3. The minimum atomic E-state index is -0.928. The number of carboxylic acid groups (broad SMARTS) is 1. The minimum Gasteiger partial charge on any atom is -0.478 e. The Morgan fingerprint density at radius 2 is 1.90 bits per heavy atom. The third kappa shape index (κ3) is 2.48. The van der Waals surface area contributed by atoms with Gasteiger partial charge in [-0.2, -0.15) is 0 Å². The lowest BCUT2D eigenvalue weighted by molar-refractivity contribution is -0.131. The van der Waals surface area contributed by atoms with Gasteiger partial charge in [0.1, 0.15) is 6.04 Å². The number of carbonyl (C=O) groups excluding carboxylic acids is 1. The molecule has 0 spiro atoms. The van der Waals surface area contributed by atoms with Crippen LogP contribution in [0.25, 0.3) is 0 Å². The van der Waals surface area contributed by atoms with Gasteiger partial charge in [0, 0.05) is 25.3 Å². The first-order valence-electron chi connectivity index (χ1n) is 7.49. The summed E-state index contributed by atoms with van der Waals surface area (Å²) in [5.41, 5.74) is 2.30. The van der Waals surface area contributed by atoms with Gasteiger partial charge in [-0.05, 0) is 43.9 Å². The van der Waals surface area contributed by atoms with Crippen molar-refractivity contribution in [1.29, 1.82) is 0 Å². The van der Waals surface area contributed by atoms with Crippen molar-refractivity contribution in [3.05, 3.63) is 29.3 Å². The summed E-state index contributed by atoms with van der Waals surface area (Å²) in [7, 11) is 0. The number of rotatable bonds is 3. The maximum atomic E-state index is 12.5. The molecule has 1 atom stereocenters. The summed E-state index contributed by atoms with van der Waals surface area (Å²) < 4.78 is 0. The zero-order chi connectivity index (χ0) is 15.0. The number of likely N-dealkylation sites (tertiary alicyclic amines) is 1. The van der Waals surface area contributed by atoms with E-state index in [9.17, 15) is 9.59 Å². The monoisotopic (exact) mass is 288 g/mol. The molecule has 2 aliphatic heterocycles. The molecule has 3 rings (SSSR count). The van der Waals surface area contributed by atoms with Gasteiger partial charge in [-0.25, -0.2) is 4.79 Å². The first kappa shape index (κ1) is 13.9. The van der Waals surface area contributed by atoms with E-state index in [1.165, 1.54) is 0 Å². The molecule has 0 bridgehead atoms. The third-order valence-electron chi connectivity index (χ3n) is 4.51. The van der Waals surface area contributed by atoms with Gasteiger partial charge in [-0.1, -0.05) is 6.07 Å². The topological polar surface area (TPSA) is 60.9 Å². The highest BCUT2D eigenvalue weighted by molar-refractivity contribution is 5.91. The zero-order valence-corrected chi connectivity index (χ0v) is 12.2. The summed E-state index contributed by atoms with van der Waals surface area (Å²) in [5, 5.41) is 9.13. The maximum Gasteiger partial charge on any atom is 0.335 e. The van der Waals surface area contributed by atoms with E-state index < -0.39 is 5.97 Å². The summed E-state index contributed by atoms with van der Waals surface area (Å²) in [4.78, 5) is 27.6. The highest BCUT2D eigenvalue weighted by Gasteiger charge is 2.31. The quantitative estimate of drug-likeness (QED) is 0.920. The molecule has 1 aromatic rings. The van der Waals surface area contributed by atoms with Crippen LogP contribution in [0.3, 0.4) is 0 Å². The van der Waals surface area contributed by atoms with Crippen LogP contribution < -0.4 is 4.90 Å². The van der Waals surface area contributed by atoms with E-state index in [0.717, 1.165) is 50.1 Å². The molecule has 21 heavy (non-hydrogen) atoms. The van der Waals surface area contributed by atoms with Crippen LogP contribution >= 0.6 is 0 Å². The van der Waals surface area contributed by atoms with Crippen molar-refractivity contribution >= 4 is 17.6 Å². The number of aromatic carboxylic acids is 1. The molecule has 0 aliphatic carbocycles. The number of fused-ring (bicyclic) bond motifs is 1. The number of amides is 1. The van der Waals surface area contributed by atoms with Crippen molar-refractivity contribution in [3.63, 3.8) is 0 Å². The van der Waals surface area contributed by atoms with Crippen molar-refractivity contribution in [2.75, 3.05) is 24.5 Å². The largest absolute Gasteiger partial charge is 0.478 e. The van der Waals surface area contributed by atoms with E-state index in [1.54, 1.807) is 12.1 Å². The van der Waals surface area contributed by atoms with E-state index in [1.807, 2.05) is 22.8 Å². The van der Waals surface area contributed by atoms with E-state index >= 15 is 0 Å². The molecule has 0 aromatic heterocycles. The van der Waals surface area contributed by atoms with Crippen LogP contribution in [0.1, 0.15) is 35.7 Å². The lowest BCUT2D eigenvalue weighted by atomic mass is 10.1. The predicted molar refractivity (Wildman–Crippen MR) is 79.7 cm³/mol. The van der Waals surface area contributed by atoms with Crippen molar-refractivity contribution in [1.82, 2.24) is 4.90 Å². The molecule has 0 saturated carbocycles. The second-order valence-corrected chi connectivity index (χ2v) is 5.80. The first-order chi connectivity index (χ1) is 10.1. The maximum absolute atomic E-state index is 12.5. The molecule has 5 nitrogen and oxygen atoms in total.